The summed E-state index contributed by atoms with van der Waals surface area (Å²) in [5.41, 5.74) is 2.32. The number of hydrogen-bond acceptors (Lipinski definition) is 3. The van der Waals surface area contributed by atoms with Crippen LogP contribution in [0.4, 0.5) is 0 Å². The third kappa shape index (κ3) is 8.13. The van der Waals surface area contributed by atoms with Crippen LogP contribution in [0.25, 0.3) is 0 Å². The Hall–Kier alpha value is -2.73. The predicted octanol–water partition coefficient (Wildman–Crippen LogP) is 6.89. The van der Waals surface area contributed by atoms with Crippen LogP contribution < -0.4 is 10.1 Å². The zero-order chi connectivity index (χ0) is 26.9. The van der Waals surface area contributed by atoms with Crippen molar-refractivity contribution in [3.05, 3.63) is 98.5 Å². The van der Waals surface area contributed by atoms with Crippen LogP contribution in [0.5, 0.6) is 5.75 Å². The van der Waals surface area contributed by atoms with Crippen LogP contribution in [-0.4, -0.2) is 35.4 Å². The van der Waals surface area contributed by atoms with Gasteiger partial charge in [-0.2, -0.15) is 0 Å². The third-order valence-electron chi connectivity index (χ3n) is 6.15. The zero-order valence-electron chi connectivity index (χ0n) is 21.1. The molecule has 0 bridgehead atoms. The first kappa shape index (κ1) is 28.8. The predicted molar refractivity (Wildman–Crippen MR) is 151 cm³/mol. The van der Waals surface area contributed by atoms with Crippen molar-refractivity contribution >= 4 is 46.6 Å². The summed E-state index contributed by atoms with van der Waals surface area (Å²) in [6.07, 6.45) is 1.07. The number of hydrogen-bond donors (Lipinski definition) is 1. The molecule has 0 fully saturated rings. The molecule has 0 heterocycles. The van der Waals surface area contributed by atoms with E-state index >= 15 is 0 Å². The monoisotopic (exact) mass is 560 g/mol. The van der Waals surface area contributed by atoms with Gasteiger partial charge in [-0.25, -0.2) is 0 Å². The van der Waals surface area contributed by atoms with E-state index in [1.54, 1.807) is 36.4 Å². The summed E-state index contributed by atoms with van der Waals surface area (Å²) in [6, 6.07) is 19.1. The molecule has 3 aromatic carbocycles. The van der Waals surface area contributed by atoms with E-state index in [0.29, 0.717) is 32.8 Å². The molecule has 196 valence electrons. The standard InChI is InChI=1S/C29H31Cl3N2O3/c1-4-20(3)33-29(36)27(16-21-9-6-5-7-10-21)34(17-23-25(31)11-8-12-26(23)32)28(35)18-37-22-13-14-24(30)19(2)15-22/h5-15,20,27H,4,16-18H2,1-3H3,(H,33,36). The Morgan fingerprint density at radius 1 is 0.946 bits per heavy atom. The lowest BCUT2D eigenvalue weighted by Crippen LogP contribution is -2.53. The van der Waals surface area contributed by atoms with E-state index in [0.717, 1.165) is 17.5 Å². The Balaban J connectivity index is 1.96. The summed E-state index contributed by atoms with van der Waals surface area (Å²) in [5, 5.41) is 4.48. The Morgan fingerprint density at radius 2 is 1.62 bits per heavy atom. The molecule has 2 atom stereocenters. The van der Waals surface area contributed by atoms with Crippen molar-refractivity contribution in [3.8, 4) is 5.75 Å². The van der Waals surface area contributed by atoms with Gasteiger partial charge in [-0.3, -0.25) is 9.59 Å². The molecule has 3 rings (SSSR count). The Kier molecular flexibility index (Phi) is 10.7. The molecule has 1 N–H and O–H groups in total. The van der Waals surface area contributed by atoms with Gasteiger partial charge >= 0.3 is 0 Å². The fraction of sp³-hybridized carbons (Fsp3) is 0.310. The van der Waals surface area contributed by atoms with Gasteiger partial charge in [-0.15, -0.1) is 0 Å². The topological polar surface area (TPSA) is 58.6 Å². The number of nitrogens with zero attached hydrogens (tertiary/aromatic N) is 1. The fourth-order valence-corrected chi connectivity index (χ4v) is 4.42. The van der Waals surface area contributed by atoms with Gasteiger partial charge in [0.2, 0.25) is 5.91 Å². The molecule has 0 aromatic heterocycles. The molecule has 0 spiro atoms. The molecule has 0 saturated heterocycles. The van der Waals surface area contributed by atoms with Crippen molar-refractivity contribution in [2.24, 2.45) is 0 Å². The maximum atomic E-state index is 13.7. The minimum atomic E-state index is -0.813. The minimum absolute atomic E-state index is 0.0474. The molecule has 0 aliphatic heterocycles. The van der Waals surface area contributed by atoms with Crippen molar-refractivity contribution in [1.82, 2.24) is 10.2 Å². The largest absolute Gasteiger partial charge is 0.484 e. The molecule has 8 heteroatoms. The van der Waals surface area contributed by atoms with Crippen LogP contribution in [0.3, 0.4) is 0 Å². The average Bonchev–Trinajstić information content (AvgIpc) is 2.88. The van der Waals surface area contributed by atoms with E-state index in [-0.39, 0.29) is 31.0 Å². The Morgan fingerprint density at radius 3 is 2.24 bits per heavy atom. The molecule has 37 heavy (non-hydrogen) atoms. The highest BCUT2D eigenvalue weighted by Crippen LogP contribution is 2.28. The van der Waals surface area contributed by atoms with Crippen molar-refractivity contribution in [2.75, 3.05) is 6.61 Å². The fourth-order valence-electron chi connectivity index (χ4n) is 3.78. The maximum absolute atomic E-state index is 13.7. The van der Waals surface area contributed by atoms with Gasteiger partial charge in [0.05, 0.1) is 0 Å². The van der Waals surface area contributed by atoms with Crippen molar-refractivity contribution in [3.63, 3.8) is 0 Å². The number of nitrogens with one attached hydrogen (secondary N) is 1. The van der Waals surface area contributed by atoms with Crippen LogP contribution in [0, 0.1) is 6.92 Å². The van der Waals surface area contributed by atoms with Crippen LogP contribution in [-0.2, 0) is 22.6 Å². The number of ether oxygens (including phenoxy) is 1. The van der Waals surface area contributed by atoms with Crippen LogP contribution in [0.2, 0.25) is 15.1 Å². The SMILES string of the molecule is CCC(C)NC(=O)C(Cc1ccccc1)N(Cc1c(Cl)cccc1Cl)C(=O)COc1ccc(Cl)c(C)c1. The number of rotatable bonds is 11. The average molecular weight is 562 g/mol. The molecule has 3 aromatic rings. The van der Waals surface area contributed by atoms with Crippen molar-refractivity contribution in [1.29, 1.82) is 0 Å². The molecule has 0 aliphatic rings. The van der Waals surface area contributed by atoms with E-state index < -0.39 is 6.04 Å². The van der Waals surface area contributed by atoms with Gasteiger partial charge < -0.3 is 15.0 Å². The lowest BCUT2D eigenvalue weighted by Gasteiger charge is -2.32. The molecular formula is C29H31Cl3N2O3. The highest BCUT2D eigenvalue weighted by atomic mass is 35.5. The molecule has 0 radical (unpaired) electrons. The van der Waals surface area contributed by atoms with Crippen molar-refractivity contribution < 1.29 is 14.3 Å². The molecule has 0 saturated carbocycles. The quantitative estimate of drug-likeness (QED) is 0.277. The van der Waals surface area contributed by atoms with E-state index in [1.807, 2.05) is 51.1 Å². The summed E-state index contributed by atoms with van der Waals surface area (Å²) >= 11 is 19.1. The first-order valence-electron chi connectivity index (χ1n) is 12.1. The molecular weight excluding hydrogens is 531 g/mol. The first-order valence-corrected chi connectivity index (χ1v) is 13.3. The summed E-state index contributed by atoms with van der Waals surface area (Å²) in [4.78, 5) is 28.7. The van der Waals surface area contributed by atoms with E-state index in [9.17, 15) is 9.59 Å². The van der Waals surface area contributed by atoms with Crippen LogP contribution >= 0.6 is 34.8 Å². The van der Waals surface area contributed by atoms with Gasteiger partial charge in [0, 0.05) is 39.6 Å². The highest BCUT2D eigenvalue weighted by Gasteiger charge is 2.32. The van der Waals surface area contributed by atoms with Crippen LogP contribution in [0.15, 0.2) is 66.7 Å². The summed E-state index contributed by atoms with van der Waals surface area (Å²) in [6.45, 7) is 5.56. The number of benzene rings is 3. The van der Waals surface area contributed by atoms with Gasteiger partial charge in [0.15, 0.2) is 6.61 Å². The van der Waals surface area contributed by atoms with Crippen LogP contribution in [0.1, 0.15) is 37.0 Å². The number of carbonyl (C=O) groups excluding carboxylic acids is 2. The molecule has 2 amide bonds. The molecule has 5 nitrogen and oxygen atoms in total. The van der Waals surface area contributed by atoms with Gasteiger partial charge in [0.1, 0.15) is 11.8 Å². The Bertz CT molecular complexity index is 1200. The second kappa shape index (κ2) is 13.7. The van der Waals surface area contributed by atoms with E-state index in [4.69, 9.17) is 39.5 Å². The lowest BCUT2D eigenvalue weighted by molar-refractivity contribution is -0.143. The van der Waals surface area contributed by atoms with Crippen molar-refractivity contribution in [2.45, 2.75) is 52.2 Å². The number of amides is 2. The smallest absolute Gasteiger partial charge is 0.261 e. The summed E-state index contributed by atoms with van der Waals surface area (Å²) in [5.74, 6) is -0.115. The van der Waals surface area contributed by atoms with E-state index in [1.165, 1.54) is 4.90 Å². The lowest BCUT2D eigenvalue weighted by atomic mass is 10.0. The van der Waals surface area contributed by atoms with Gasteiger partial charge in [0.25, 0.3) is 5.91 Å². The third-order valence-corrected chi connectivity index (χ3v) is 7.29. The number of aryl methyl sites for hydroxylation is 1. The molecule has 0 aliphatic carbocycles. The van der Waals surface area contributed by atoms with E-state index in [2.05, 4.69) is 5.32 Å². The maximum Gasteiger partial charge on any atom is 0.261 e. The first-order chi connectivity index (χ1) is 17.7. The Labute approximate surface area is 233 Å². The second-order valence-corrected chi connectivity index (χ2v) is 10.2. The highest BCUT2D eigenvalue weighted by molar-refractivity contribution is 6.36. The molecule has 2 unspecified atom stereocenters. The normalized spacial score (nSPS) is 12.5. The van der Waals surface area contributed by atoms with Gasteiger partial charge in [-0.1, -0.05) is 78.1 Å². The van der Waals surface area contributed by atoms with Gasteiger partial charge in [-0.05, 0) is 61.7 Å². The number of carbonyl (C=O) groups is 2. The minimum Gasteiger partial charge on any atom is -0.484 e. The zero-order valence-corrected chi connectivity index (χ0v) is 23.4. The summed E-state index contributed by atoms with van der Waals surface area (Å²) < 4.78 is 5.82. The summed E-state index contributed by atoms with van der Waals surface area (Å²) in [7, 11) is 0. The second-order valence-electron chi connectivity index (χ2n) is 8.94. The number of halogens is 3.